The molecule has 2 aromatic heterocycles. The third-order valence-corrected chi connectivity index (χ3v) is 4.79. The number of aromatic nitrogens is 4. The standard InChI is InChI=1S/C19H27N5O4/c1-27-13-15-11-24(23-22-15)8-6-16-4-5-17(18(12-25)28-16)21-19(26)9-14-3-2-7-20-10-14/h2-3,7,10-11,16-18,25H,4-6,8-9,12-13H2,1H3,(H,21,26)/t16-,17+,18+/m1/s1. The second kappa shape index (κ2) is 10.3. The van der Waals surface area contributed by atoms with Crippen LogP contribution in [0.1, 0.15) is 30.5 Å². The molecule has 2 aromatic rings. The molecule has 0 unspecified atom stereocenters. The predicted molar refractivity (Wildman–Crippen MR) is 100 cm³/mol. The second-order valence-electron chi connectivity index (χ2n) is 6.96. The summed E-state index contributed by atoms with van der Waals surface area (Å²) in [5.41, 5.74) is 1.65. The number of ether oxygens (including phenoxy) is 2. The highest BCUT2D eigenvalue weighted by atomic mass is 16.5. The Kier molecular flexibility index (Phi) is 7.46. The van der Waals surface area contributed by atoms with Crippen LogP contribution in [0.15, 0.2) is 30.7 Å². The van der Waals surface area contributed by atoms with Crippen LogP contribution in [0.5, 0.6) is 0 Å². The molecule has 1 fully saturated rings. The van der Waals surface area contributed by atoms with Crippen molar-refractivity contribution in [1.29, 1.82) is 0 Å². The summed E-state index contributed by atoms with van der Waals surface area (Å²) < 4.78 is 12.8. The number of rotatable bonds is 9. The number of hydrogen-bond donors (Lipinski definition) is 2. The number of aliphatic hydroxyl groups is 1. The summed E-state index contributed by atoms with van der Waals surface area (Å²) in [7, 11) is 1.62. The third-order valence-electron chi connectivity index (χ3n) is 4.79. The minimum absolute atomic E-state index is 0.0127. The first kappa shape index (κ1) is 20.4. The van der Waals surface area contributed by atoms with Crippen LogP contribution in [0.3, 0.4) is 0 Å². The van der Waals surface area contributed by atoms with E-state index in [0.717, 1.165) is 30.5 Å². The van der Waals surface area contributed by atoms with Gasteiger partial charge in [0.05, 0.1) is 38.0 Å². The number of carbonyl (C=O) groups is 1. The Morgan fingerprint density at radius 1 is 1.46 bits per heavy atom. The molecule has 1 saturated heterocycles. The van der Waals surface area contributed by atoms with Crippen molar-refractivity contribution in [2.75, 3.05) is 13.7 Å². The average molecular weight is 389 g/mol. The van der Waals surface area contributed by atoms with E-state index in [9.17, 15) is 9.90 Å². The lowest BCUT2D eigenvalue weighted by molar-refractivity contribution is -0.128. The summed E-state index contributed by atoms with van der Waals surface area (Å²) >= 11 is 0. The molecule has 0 bridgehead atoms. The Labute approximate surface area is 164 Å². The van der Waals surface area contributed by atoms with E-state index in [4.69, 9.17) is 9.47 Å². The Bertz CT molecular complexity index is 739. The Balaban J connectivity index is 1.45. The van der Waals surface area contributed by atoms with Crippen molar-refractivity contribution in [3.8, 4) is 0 Å². The monoisotopic (exact) mass is 389 g/mol. The van der Waals surface area contributed by atoms with Crippen molar-refractivity contribution in [2.24, 2.45) is 0 Å². The zero-order valence-electron chi connectivity index (χ0n) is 16.0. The molecule has 1 aliphatic heterocycles. The van der Waals surface area contributed by atoms with Crippen LogP contribution in [0.25, 0.3) is 0 Å². The van der Waals surface area contributed by atoms with Crippen LogP contribution in [0.2, 0.25) is 0 Å². The lowest BCUT2D eigenvalue weighted by Gasteiger charge is -2.36. The Hall–Kier alpha value is -2.36. The highest BCUT2D eigenvalue weighted by molar-refractivity contribution is 5.78. The molecule has 0 aromatic carbocycles. The number of hydrogen-bond acceptors (Lipinski definition) is 7. The number of amides is 1. The smallest absolute Gasteiger partial charge is 0.224 e. The first-order valence-corrected chi connectivity index (χ1v) is 9.50. The normalized spacial score (nSPS) is 22.1. The fraction of sp³-hybridized carbons (Fsp3) is 0.579. The summed E-state index contributed by atoms with van der Waals surface area (Å²) in [5, 5.41) is 20.8. The molecular weight excluding hydrogens is 362 g/mol. The van der Waals surface area contributed by atoms with E-state index in [-0.39, 0.29) is 31.1 Å². The number of nitrogens with one attached hydrogen (secondary N) is 1. The highest BCUT2D eigenvalue weighted by Gasteiger charge is 2.31. The van der Waals surface area contributed by atoms with Gasteiger partial charge in [-0.15, -0.1) is 5.10 Å². The van der Waals surface area contributed by atoms with Gasteiger partial charge in [-0.1, -0.05) is 11.3 Å². The molecule has 1 aliphatic rings. The van der Waals surface area contributed by atoms with Crippen LogP contribution < -0.4 is 5.32 Å². The molecule has 3 heterocycles. The van der Waals surface area contributed by atoms with Gasteiger partial charge in [0.2, 0.25) is 5.91 Å². The van der Waals surface area contributed by atoms with Crippen molar-refractivity contribution in [2.45, 2.75) is 57.1 Å². The molecular formula is C19H27N5O4. The van der Waals surface area contributed by atoms with E-state index in [0.29, 0.717) is 13.2 Å². The number of aliphatic hydroxyl groups excluding tert-OH is 1. The number of nitrogens with zero attached hydrogens (tertiary/aromatic N) is 4. The van der Waals surface area contributed by atoms with E-state index in [1.165, 1.54) is 0 Å². The van der Waals surface area contributed by atoms with Crippen LogP contribution in [-0.4, -0.2) is 63.0 Å². The zero-order chi connectivity index (χ0) is 19.8. The lowest BCUT2D eigenvalue weighted by atomic mass is 9.97. The second-order valence-corrected chi connectivity index (χ2v) is 6.96. The maximum absolute atomic E-state index is 12.3. The lowest BCUT2D eigenvalue weighted by Crippen LogP contribution is -2.51. The topological polar surface area (TPSA) is 111 Å². The van der Waals surface area contributed by atoms with Gasteiger partial charge in [0.15, 0.2) is 0 Å². The molecule has 3 atom stereocenters. The van der Waals surface area contributed by atoms with E-state index in [2.05, 4.69) is 20.6 Å². The largest absolute Gasteiger partial charge is 0.394 e. The van der Waals surface area contributed by atoms with Crippen LogP contribution in [0.4, 0.5) is 0 Å². The van der Waals surface area contributed by atoms with Gasteiger partial charge in [-0.3, -0.25) is 14.5 Å². The molecule has 28 heavy (non-hydrogen) atoms. The fourth-order valence-electron chi connectivity index (χ4n) is 3.39. The summed E-state index contributed by atoms with van der Waals surface area (Å²) in [6.07, 6.45) is 7.43. The number of aryl methyl sites for hydroxylation is 1. The summed E-state index contributed by atoms with van der Waals surface area (Å²) in [6.45, 7) is 0.986. The molecule has 0 radical (unpaired) electrons. The van der Waals surface area contributed by atoms with Gasteiger partial charge in [-0.2, -0.15) is 0 Å². The molecule has 0 saturated carbocycles. The molecule has 9 nitrogen and oxygen atoms in total. The van der Waals surface area contributed by atoms with Crippen LogP contribution in [0, 0.1) is 0 Å². The predicted octanol–water partition coefficient (Wildman–Crippen LogP) is 0.477. The van der Waals surface area contributed by atoms with Crippen molar-refractivity contribution >= 4 is 5.91 Å². The van der Waals surface area contributed by atoms with Crippen LogP contribution in [-0.2, 0) is 33.8 Å². The molecule has 1 amide bonds. The number of carbonyl (C=O) groups excluding carboxylic acids is 1. The first-order valence-electron chi connectivity index (χ1n) is 9.50. The third kappa shape index (κ3) is 5.82. The van der Waals surface area contributed by atoms with Gasteiger partial charge in [-0.05, 0) is 30.9 Å². The molecule has 2 N–H and O–H groups in total. The van der Waals surface area contributed by atoms with Gasteiger partial charge in [0.1, 0.15) is 11.8 Å². The van der Waals surface area contributed by atoms with Gasteiger partial charge >= 0.3 is 0 Å². The van der Waals surface area contributed by atoms with Gasteiger partial charge in [0, 0.05) is 26.0 Å². The molecule has 9 heteroatoms. The molecule has 0 aliphatic carbocycles. The summed E-state index contributed by atoms with van der Waals surface area (Å²) in [5.74, 6) is -0.0909. The number of pyridine rings is 1. The van der Waals surface area contributed by atoms with E-state index in [1.54, 1.807) is 30.3 Å². The molecule has 3 rings (SSSR count). The van der Waals surface area contributed by atoms with Crippen molar-refractivity contribution in [3.05, 3.63) is 42.0 Å². The number of methoxy groups -OCH3 is 1. The van der Waals surface area contributed by atoms with Crippen molar-refractivity contribution in [1.82, 2.24) is 25.3 Å². The van der Waals surface area contributed by atoms with Gasteiger partial charge in [0.25, 0.3) is 0 Å². The van der Waals surface area contributed by atoms with Gasteiger partial charge < -0.3 is 19.9 Å². The molecule has 152 valence electrons. The highest BCUT2D eigenvalue weighted by Crippen LogP contribution is 2.22. The average Bonchev–Trinajstić information content (AvgIpc) is 3.15. The van der Waals surface area contributed by atoms with Crippen LogP contribution >= 0.6 is 0 Å². The maximum atomic E-state index is 12.3. The summed E-state index contributed by atoms with van der Waals surface area (Å²) in [4.78, 5) is 16.3. The Morgan fingerprint density at radius 3 is 3.11 bits per heavy atom. The quantitative estimate of drug-likeness (QED) is 0.641. The maximum Gasteiger partial charge on any atom is 0.224 e. The SMILES string of the molecule is COCc1cn(CC[C@H]2CC[C@H](NC(=O)Cc3cccnc3)[C@H](CO)O2)nn1. The summed E-state index contributed by atoms with van der Waals surface area (Å²) in [6, 6.07) is 3.48. The van der Waals surface area contributed by atoms with E-state index < -0.39 is 6.10 Å². The minimum Gasteiger partial charge on any atom is -0.394 e. The van der Waals surface area contributed by atoms with Crippen molar-refractivity contribution < 1.29 is 19.4 Å². The molecule has 0 spiro atoms. The van der Waals surface area contributed by atoms with Crippen molar-refractivity contribution in [3.63, 3.8) is 0 Å². The zero-order valence-corrected chi connectivity index (χ0v) is 16.0. The first-order chi connectivity index (χ1) is 13.7. The van der Waals surface area contributed by atoms with Gasteiger partial charge in [-0.25, -0.2) is 0 Å². The Morgan fingerprint density at radius 2 is 2.36 bits per heavy atom. The van der Waals surface area contributed by atoms with E-state index in [1.807, 2.05) is 12.3 Å². The fourth-order valence-corrected chi connectivity index (χ4v) is 3.39. The minimum atomic E-state index is -0.406. The van der Waals surface area contributed by atoms with E-state index >= 15 is 0 Å².